The van der Waals surface area contributed by atoms with Crippen molar-refractivity contribution in [3.8, 4) is 0 Å². The van der Waals surface area contributed by atoms with E-state index in [1.165, 1.54) is 16.3 Å². The first-order chi connectivity index (χ1) is 13.0. The van der Waals surface area contributed by atoms with E-state index < -0.39 is 5.25 Å². The predicted molar refractivity (Wildman–Crippen MR) is 112 cm³/mol. The van der Waals surface area contributed by atoms with E-state index in [1.54, 1.807) is 31.2 Å². The van der Waals surface area contributed by atoms with Crippen molar-refractivity contribution in [2.45, 2.75) is 23.9 Å². The Bertz CT molecular complexity index is 1050. The Morgan fingerprint density at radius 2 is 2.07 bits per heavy atom. The minimum absolute atomic E-state index is 0.170. The normalized spacial score (nSPS) is 11.9. The lowest BCUT2D eigenvalue weighted by molar-refractivity contribution is -0.115. The van der Waals surface area contributed by atoms with Crippen LogP contribution in [0.4, 0.5) is 5.69 Å². The third-order valence-electron chi connectivity index (χ3n) is 3.89. The van der Waals surface area contributed by atoms with Crippen LogP contribution in [-0.4, -0.2) is 20.7 Å². The van der Waals surface area contributed by atoms with Gasteiger partial charge in [-0.15, -0.1) is 6.58 Å². The highest BCUT2D eigenvalue weighted by Crippen LogP contribution is 2.24. The summed E-state index contributed by atoms with van der Waals surface area (Å²) < 4.78 is 1.51. The quantitative estimate of drug-likeness (QED) is 0.380. The molecule has 0 bridgehead atoms. The third kappa shape index (κ3) is 4.40. The van der Waals surface area contributed by atoms with E-state index >= 15 is 0 Å². The van der Waals surface area contributed by atoms with Gasteiger partial charge in [-0.3, -0.25) is 14.2 Å². The van der Waals surface area contributed by atoms with Crippen molar-refractivity contribution in [1.29, 1.82) is 0 Å². The molecule has 0 aliphatic heterocycles. The number of fused-ring (bicyclic) bond motifs is 1. The number of carbonyl (C=O) groups excluding carboxylic acids is 1. The minimum Gasteiger partial charge on any atom is -0.325 e. The van der Waals surface area contributed by atoms with Crippen LogP contribution < -0.4 is 10.9 Å². The smallest absolute Gasteiger partial charge is 0.262 e. The molecule has 27 heavy (non-hydrogen) atoms. The fraction of sp³-hybridized carbons (Fsp3) is 0.150. The van der Waals surface area contributed by atoms with Crippen LogP contribution in [0.3, 0.4) is 0 Å². The Morgan fingerprint density at radius 1 is 1.33 bits per heavy atom. The molecule has 0 saturated carbocycles. The Balaban J connectivity index is 1.92. The van der Waals surface area contributed by atoms with Crippen LogP contribution in [0.1, 0.15) is 6.92 Å². The zero-order valence-electron chi connectivity index (χ0n) is 14.7. The van der Waals surface area contributed by atoms with E-state index in [9.17, 15) is 9.59 Å². The number of halogens is 1. The Kier molecular flexibility index (Phi) is 5.98. The van der Waals surface area contributed by atoms with Crippen molar-refractivity contribution in [3.05, 3.63) is 76.6 Å². The molecule has 0 saturated heterocycles. The maximum atomic E-state index is 12.8. The third-order valence-corrected chi connectivity index (χ3v) is 5.21. The highest BCUT2D eigenvalue weighted by atomic mass is 35.5. The molecule has 2 aromatic carbocycles. The summed E-state index contributed by atoms with van der Waals surface area (Å²) in [4.78, 5) is 29.9. The van der Waals surface area contributed by atoms with E-state index in [0.717, 1.165) is 5.69 Å². The highest BCUT2D eigenvalue weighted by Gasteiger charge is 2.19. The van der Waals surface area contributed by atoms with Gasteiger partial charge in [0.15, 0.2) is 5.16 Å². The van der Waals surface area contributed by atoms with Crippen LogP contribution in [0.15, 0.2) is 71.1 Å². The molecule has 1 aromatic heterocycles. The van der Waals surface area contributed by atoms with Gasteiger partial charge >= 0.3 is 0 Å². The number of nitrogens with zero attached hydrogens (tertiary/aromatic N) is 2. The Morgan fingerprint density at radius 3 is 2.78 bits per heavy atom. The summed E-state index contributed by atoms with van der Waals surface area (Å²) in [6.45, 7) is 5.78. The van der Waals surface area contributed by atoms with Crippen molar-refractivity contribution in [1.82, 2.24) is 9.55 Å². The number of carbonyl (C=O) groups is 1. The lowest BCUT2D eigenvalue weighted by Gasteiger charge is -2.15. The largest absolute Gasteiger partial charge is 0.325 e. The average Bonchev–Trinajstić information content (AvgIpc) is 2.65. The summed E-state index contributed by atoms with van der Waals surface area (Å²) in [6, 6.07) is 14.2. The summed E-state index contributed by atoms with van der Waals surface area (Å²) in [5.41, 5.74) is 1.04. The standard InChI is InChI=1S/C20H18ClN3O2S/c1-3-11-24-19(26)16-10-9-14(21)12-17(16)23-20(24)27-13(2)18(25)22-15-7-5-4-6-8-15/h3-10,12-13H,1,11H2,2H3,(H,22,25)/t13-/m0/s1. The number of nitrogens with one attached hydrogen (secondary N) is 1. The van der Waals surface area contributed by atoms with Crippen molar-refractivity contribution in [3.63, 3.8) is 0 Å². The Labute approximate surface area is 166 Å². The van der Waals surface area contributed by atoms with Gasteiger partial charge in [0, 0.05) is 17.3 Å². The topological polar surface area (TPSA) is 64.0 Å². The number of hydrogen-bond donors (Lipinski definition) is 1. The van der Waals surface area contributed by atoms with Gasteiger partial charge in [0.25, 0.3) is 5.56 Å². The second-order valence-electron chi connectivity index (χ2n) is 5.88. The maximum Gasteiger partial charge on any atom is 0.262 e. The zero-order valence-corrected chi connectivity index (χ0v) is 16.3. The first-order valence-corrected chi connectivity index (χ1v) is 9.59. The van der Waals surface area contributed by atoms with Gasteiger partial charge in [0.1, 0.15) is 0 Å². The van der Waals surface area contributed by atoms with Gasteiger partial charge in [-0.05, 0) is 37.3 Å². The summed E-state index contributed by atoms with van der Waals surface area (Å²) in [5, 5.41) is 3.83. The number of para-hydroxylation sites is 1. The molecule has 3 aromatic rings. The molecule has 0 radical (unpaired) electrons. The summed E-state index contributed by atoms with van der Waals surface area (Å²) in [7, 11) is 0. The molecule has 7 heteroatoms. The molecule has 1 heterocycles. The molecular weight excluding hydrogens is 382 g/mol. The van der Waals surface area contributed by atoms with Crippen molar-refractivity contribution in [2.75, 3.05) is 5.32 Å². The first-order valence-electron chi connectivity index (χ1n) is 8.33. The van der Waals surface area contributed by atoms with E-state index in [1.807, 2.05) is 30.3 Å². The van der Waals surface area contributed by atoms with Crippen LogP contribution in [-0.2, 0) is 11.3 Å². The van der Waals surface area contributed by atoms with E-state index in [-0.39, 0.29) is 11.5 Å². The molecule has 0 unspecified atom stereocenters. The number of benzene rings is 2. The number of amides is 1. The second-order valence-corrected chi connectivity index (χ2v) is 7.62. The lowest BCUT2D eigenvalue weighted by Crippen LogP contribution is -2.26. The predicted octanol–water partition coefficient (Wildman–Crippen LogP) is 4.36. The molecule has 1 amide bonds. The van der Waals surface area contributed by atoms with E-state index in [0.29, 0.717) is 27.6 Å². The van der Waals surface area contributed by atoms with Gasteiger partial charge < -0.3 is 5.32 Å². The van der Waals surface area contributed by atoms with E-state index in [4.69, 9.17) is 11.6 Å². The minimum atomic E-state index is -0.454. The summed E-state index contributed by atoms with van der Waals surface area (Å²) in [6.07, 6.45) is 1.63. The molecule has 3 rings (SSSR count). The molecule has 5 nitrogen and oxygen atoms in total. The van der Waals surface area contributed by atoms with Crippen LogP contribution in [0, 0.1) is 0 Å². The molecule has 0 spiro atoms. The van der Waals surface area contributed by atoms with Crippen LogP contribution in [0.5, 0.6) is 0 Å². The SMILES string of the molecule is C=CCn1c(S[C@@H](C)C(=O)Nc2ccccc2)nc2cc(Cl)ccc2c1=O. The van der Waals surface area contributed by atoms with Crippen molar-refractivity contribution >= 4 is 45.9 Å². The zero-order chi connectivity index (χ0) is 19.4. The van der Waals surface area contributed by atoms with E-state index in [2.05, 4.69) is 16.9 Å². The second kappa shape index (κ2) is 8.41. The molecule has 0 aliphatic rings. The summed E-state index contributed by atoms with van der Waals surface area (Å²) in [5.74, 6) is -0.170. The van der Waals surface area contributed by atoms with Crippen molar-refractivity contribution < 1.29 is 4.79 Å². The highest BCUT2D eigenvalue weighted by molar-refractivity contribution is 8.00. The maximum absolute atomic E-state index is 12.8. The molecule has 0 fully saturated rings. The monoisotopic (exact) mass is 399 g/mol. The lowest BCUT2D eigenvalue weighted by atomic mass is 10.2. The van der Waals surface area contributed by atoms with Crippen LogP contribution in [0.25, 0.3) is 10.9 Å². The number of hydrogen-bond acceptors (Lipinski definition) is 4. The van der Waals surface area contributed by atoms with Gasteiger partial charge in [-0.2, -0.15) is 0 Å². The molecule has 138 valence electrons. The summed E-state index contributed by atoms with van der Waals surface area (Å²) >= 11 is 7.26. The van der Waals surface area contributed by atoms with Crippen molar-refractivity contribution in [2.24, 2.45) is 0 Å². The van der Waals surface area contributed by atoms with Crippen LogP contribution >= 0.6 is 23.4 Å². The number of rotatable bonds is 6. The molecule has 1 atom stereocenters. The Hall–Kier alpha value is -2.57. The fourth-order valence-corrected chi connectivity index (χ4v) is 3.62. The van der Waals surface area contributed by atoms with Gasteiger partial charge in [-0.1, -0.05) is 47.6 Å². The molecular formula is C20H18ClN3O2S. The average molecular weight is 400 g/mol. The van der Waals surface area contributed by atoms with Crippen LogP contribution in [0.2, 0.25) is 5.02 Å². The molecule has 0 aliphatic carbocycles. The molecule has 1 N–H and O–H groups in total. The number of aromatic nitrogens is 2. The first kappa shape index (κ1) is 19.2. The van der Waals surface area contributed by atoms with Gasteiger partial charge in [-0.25, -0.2) is 4.98 Å². The van der Waals surface area contributed by atoms with Gasteiger partial charge in [0.05, 0.1) is 16.2 Å². The van der Waals surface area contributed by atoms with Gasteiger partial charge in [0.2, 0.25) is 5.91 Å². The number of anilines is 1. The fourth-order valence-electron chi connectivity index (χ4n) is 2.53. The number of thioether (sulfide) groups is 1. The number of allylic oxidation sites excluding steroid dienone is 1.